The molecule has 118 valence electrons. The Morgan fingerprint density at radius 1 is 1.27 bits per heavy atom. The molecule has 1 atom stereocenters. The lowest BCUT2D eigenvalue weighted by Gasteiger charge is -2.24. The summed E-state index contributed by atoms with van der Waals surface area (Å²) in [7, 11) is 5.70. The SMILES string of the molecule is COCc1ccc(C(=O)NC[C@H](c2ccsc2)N(C)C)cc1. The number of ether oxygens (including phenoxy) is 1. The quantitative estimate of drug-likeness (QED) is 0.853. The second kappa shape index (κ2) is 8.08. The van der Waals surface area contributed by atoms with Crippen LogP contribution in [0, 0.1) is 0 Å². The van der Waals surface area contributed by atoms with Crippen LogP contribution in [0.25, 0.3) is 0 Å². The van der Waals surface area contributed by atoms with Crippen LogP contribution >= 0.6 is 11.3 Å². The maximum Gasteiger partial charge on any atom is 0.251 e. The minimum atomic E-state index is -0.0500. The van der Waals surface area contributed by atoms with Crippen molar-refractivity contribution in [3.05, 3.63) is 57.8 Å². The minimum Gasteiger partial charge on any atom is -0.380 e. The second-order valence-corrected chi connectivity index (χ2v) is 6.16. The maximum atomic E-state index is 12.3. The summed E-state index contributed by atoms with van der Waals surface area (Å²) in [6.07, 6.45) is 0. The zero-order chi connectivity index (χ0) is 15.9. The topological polar surface area (TPSA) is 41.6 Å². The van der Waals surface area contributed by atoms with Gasteiger partial charge >= 0.3 is 0 Å². The van der Waals surface area contributed by atoms with Crippen LogP contribution in [-0.4, -0.2) is 38.6 Å². The standard InChI is InChI=1S/C17H22N2O2S/c1-19(2)16(15-8-9-22-12-15)10-18-17(20)14-6-4-13(5-7-14)11-21-3/h4-9,12,16H,10-11H2,1-3H3,(H,18,20)/t16-/m1/s1. The largest absolute Gasteiger partial charge is 0.380 e. The van der Waals surface area contributed by atoms with E-state index in [2.05, 4.69) is 27.0 Å². The Morgan fingerprint density at radius 3 is 2.55 bits per heavy atom. The van der Waals surface area contributed by atoms with E-state index in [9.17, 15) is 4.79 Å². The number of nitrogens with one attached hydrogen (secondary N) is 1. The molecule has 0 saturated heterocycles. The Hall–Kier alpha value is -1.69. The average Bonchev–Trinajstić information content (AvgIpc) is 3.02. The van der Waals surface area contributed by atoms with Crippen LogP contribution in [0.5, 0.6) is 0 Å². The summed E-state index contributed by atoms with van der Waals surface area (Å²) in [5.74, 6) is -0.0500. The summed E-state index contributed by atoms with van der Waals surface area (Å²) in [4.78, 5) is 14.4. The van der Waals surface area contributed by atoms with E-state index < -0.39 is 0 Å². The molecule has 1 amide bonds. The molecule has 0 aliphatic heterocycles. The van der Waals surface area contributed by atoms with Crippen molar-refractivity contribution in [3.8, 4) is 0 Å². The predicted molar refractivity (Wildman–Crippen MR) is 90.2 cm³/mol. The number of hydrogen-bond acceptors (Lipinski definition) is 4. The Morgan fingerprint density at radius 2 is 2.00 bits per heavy atom. The minimum absolute atomic E-state index is 0.0500. The van der Waals surface area contributed by atoms with E-state index in [4.69, 9.17) is 4.74 Å². The van der Waals surface area contributed by atoms with Crippen LogP contribution in [0.2, 0.25) is 0 Å². The van der Waals surface area contributed by atoms with Gasteiger partial charge in [0.1, 0.15) is 0 Å². The number of amides is 1. The summed E-state index contributed by atoms with van der Waals surface area (Å²) < 4.78 is 5.07. The lowest BCUT2D eigenvalue weighted by Crippen LogP contribution is -2.34. The van der Waals surface area contributed by atoms with E-state index in [0.29, 0.717) is 18.7 Å². The van der Waals surface area contributed by atoms with Crippen molar-refractivity contribution in [2.45, 2.75) is 12.6 Å². The van der Waals surface area contributed by atoms with Crippen molar-refractivity contribution < 1.29 is 9.53 Å². The molecule has 1 N–H and O–H groups in total. The van der Waals surface area contributed by atoms with Gasteiger partial charge in [0.25, 0.3) is 5.91 Å². The van der Waals surface area contributed by atoms with Crippen LogP contribution in [0.15, 0.2) is 41.1 Å². The van der Waals surface area contributed by atoms with Gasteiger partial charge in [0.15, 0.2) is 0 Å². The molecular formula is C17H22N2O2S. The summed E-state index contributed by atoms with van der Waals surface area (Å²) in [5.41, 5.74) is 2.96. The molecule has 0 unspecified atom stereocenters. The van der Waals surface area contributed by atoms with E-state index >= 15 is 0 Å². The molecule has 0 aliphatic rings. The molecule has 2 aromatic rings. The molecule has 2 rings (SSSR count). The van der Waals surface area contributed by atoms with Crippen LogP contribution in [0.4, 0.5) is 0 Å². The smallest absolute Gasteiger partial charge is 0.251 e. The molecule has 0 fully saturated rings. The van der Waals surface area contributed by atoms with Gasteiger partial charge in [-0.15, -0.1) is 0 Å². The van der Waals surface area contributed by atoms with Gasteiger partial charge in [-0.05, 0) is 54.2 Å². The Labute approximate surface area is 135 Å². The normalized spacial score (nSPS) is 12.4. The average molecular weight is 318 g/mol. The zero-order valence-electron chi connectivity index (χ0n) is 13.2. The van der Waals surface area contributed by atoms with Crippen LogP contribution in [0.3, 0.4) is 0 Å². The number of benzene rings is 1. The molecule has 0 spiro atoms. The van der Waals surface area contributed by atoms with Crippen molar-refractivity contribution in [1.29, 1.82) is 0 Å². The molecule has 0 saturated carbocycles. The van der Waals surface area contributed by atoms with Crippen molar-refractivity contribution in [3.63, 3.8) is 0 Å². The summed E-state index contributed by atoms with van der Waals surface area (Å²) >= 11 is 1.67. The van der Waals surface area contributed by atoms with Crippen LogP contribution in [0.1, 0.15) is 27.5 Å². The fourth-order valence-electron chi connectivity index (χ4n) is 2.27. The van der Waals surface area contributed by atoms with E-state index in [-0.39, 0.29) is 11.9 Å². The van der Waals surface area contributed by atoms with Crippen molar-refractivity contribution in [1.82, 2.24) is 10.2 Å². The number of thiophene rings is 1. The van der Waals surface area contributed by atoms with Crippen LogP contribution in [-0.2, 0) is 11.3 Å². The Kier molecular flexibility index (Phi) is 6.12. The van der Waals surface area contributed by atoms with Gasteiger partial charge in [-0.3, -0.25) is 4.79 Å². The molecule has 0 radical (unpaired) electrons. The fraction of sp³-hybridized carbons (Fsp3) is 0.353. The van der Waals surface area contributed by atoms with Gasteiger partial charge < -0.3 is 15.0 Å². The maximum absolute atomic E-state index is 12.3. The first-order chi connectivity index (χ1) is 10.6. The van der Waals surface area contributed by atoms with Gasteiger partial charge in [0, 0.05) is 19.2 Å². The van der Waals surface area contributed by atoms with E-state index in [1.165, 1.54) is 5.56 Å². The molecule has 1 aromatic heterocycles. The lowest BCUT2D eigenvalue weighted by atomic mass is 10.1. The molecule has 4 nitrogen and oxygen atoms in total. The highest BCUT2D eigenvalue weighted by molar-refractivity contribution is 7.07. The molecule has 0 aliphatic carbocycles. The lowest BCUT2D eigenvalue weighted by molar-refractivity contribution is 0.0942. The molecular weight excluding hydrogens is 296 g/mol. The number of methoxy groups -OCH3 is 1. The zero-order valence-corrected chi connectivity index (χ0v) is 14.0. The molecule has 1 aromatic carbocycles. The molecule has 1 heterocycles. The van der Waals surface area contributed by atoms with Gasteiger partial charge in [0.05, 0.1) is 12.6 Å². The van der Waals surface area contributed by atoms with Gasteiger partial charge in [0.2, 0.25) is 0 Å². The van der Waals surface area contributed by atoms with Gasteiger partial charge in [-0.2, -0.15) is 11.3 Å². The molecule has 0 bridgehead atoms. The fourth-order valence-corrected chi connectivity index (χ4v) is 2.98. The second-order valence-electron chi connectivity index (χ2n) is 5.38. The Bertz CT molecular complexity index is 579. The third-order valence-electron chi connectivity index (χ3n) is 3.53. The van der Waals surface area contributed by atoms with Crippen LogP contribution < -0.4 is 5.32 Å². The third kappa shape index (κ3) is 4.40. The first-order valence-electron chi connectivity index (χ1n) is 7.16. The van der Waals surface area contributed by atoms with E-state index in [1.54, 1.807) is 18.4 Å². The number of nitrogens with zero attached hydrogens (tertiary/aromatic N) is 1. The summed E-state index contributed by atoms with van der Waals surface area (Å²) in [5, 5.41) is 7.19. The third-order valence-corrected chi connectivity index (χ3v) is 4.24. The number of carbonyl (C=O) groups excluding carboxylic acids is 1. The van der Waals surface area contributed by atoms with E-state index in [1.807, 2.05) is 38.4 Å². The monoisotopic (exact) mass is 318 g/mol. The number of hydrogen-bond donors (Lipinski definition) is 1. The number of carbonyl (C=O) groups is 1. The number of likely N-dealkylation sites (N-methyl/N-ethyl adjacent to an activating group) is 1. The van der Waals surface area contributed by atoms with Gasteiger partial charge in [-0.1, -0.05) is 12.1 Å². The van der Waals surface area contributed by atoms with Crippen molar-refractivity contribution in [2.75, 3.05) is 27.7 Å². The highest BCUT2D eigenvalue weighted by Gasteiger charge is 2.16. The highest BCUT2D eigenvalue weighted by atomic mass is 32.1. The first kappa shape index (κ1) is 16.7. The van der Waals surface area contributed by atoms with Gasteiger partial charge in [-0.25, -0.2) is 0 Å². The van der Waals surface area contributed by atoms with Crippen molar-refractivity contribution in [2.24, 2.45) is 0 Å². The van der Waals surface area contributed by atoms with E-state index in [0.717, 1.165) is 5.56 Å². The molecule has 5 heteroatoms. The Balaban J connectivity index is 1.96. The van der Waals surface area contributed by atoms with Crippen molar-refractivity contribution >= 4 is 17.2 Å². The number of rotatable bonds is 7. The first-order valence-corrected chi connectivity index (χ1v) is 8.10. The highest BCUT2D eigenvalue weighted by Crippen LogP contribution is 2.20. The molecule has 22 heavy (non-hydrogen) atoms. The summed E-state index contributed by atoms with van der Waals surface area (Å²) in [6, 6.07) is 9.78. The predicted octanol–water partition coefficient (Wildman–Crippen LogP) is 2.93. The summed E-state index contributed by atoms with van der Waals surface area (Å²) in [6.45, 7) is 1.14.